The molecule has 0 saturated heterocycles. The van der Waals surface area contributed by atoms with Gasteiger partial charge in [-0.25, -0.2) is 4.98 Å². The van der Waals surface area contributed by atoms with E-state index in [2.05, 4.69) is 10.3 Å². The Kier molecular flexibility index (Phi) is 4.04. The minimum atomic E-state index is -4.46. The van der Waals surface area contributed by atoms with Crippen molar-refractivity contribution in [1.82, 2.24) is 4.98 Å². The van der Waals surface area contributed by atoms with E-state index in [0.717, 1.165) is 17.8 Å². The van der Waals surface area contributed by atoms with Gasteiger partial charge in [-0.15, -0.1) is 0 Å². The molecular formula is C13H11ClF3N3. The Morgan fingerprint density at radius 1 is 1.25 bits per heavy atom. The van der Waals surface area contributed by atoms with E-state index < -0.39 is 11.7 Å². The number of hydrogen-bond donors (Lipinski definition) is 2. The summed E-state index contributed by atoms with van der Waals surface area (Å²) < 4.78 is 37.4. The average Bonchev–Trinajstić information content (AvgIpc) is 2.38. The number of rotatable bonds is 3. The Morgan fingerprint density at radius 3 is 2.55 bits per heavy atom. The van der Waals surface area contributed by atoms with Crippen LogP contribution in [-0.4, -0.2) is 4.98 Å². The number of halogens is 4. The molecule has 0 aliphatic rings. The smallest absolute Gasteiger partial charge is 0.396 e. The molecule has 7 heteroatoms. The van der Waals surface area contributed by atoms with Crippen molar-refractivity contribution in [1.29, 1.82) is 0 Å². The number of nitrogens with one attached hydrogen (secondary N) is 1. The van der Waals surface area contributed by atoms with E-state index in [-0.39, 0.29) is 11.5 Å². The van der Waals surface area contributed by atoms with Crippen molar-refractivity contribution in [2.24, 2.45) is 0 Å². The first-order chi connectivity index (χ1) is 9.38. The second-order valence-corrected chi connectivity index (χ2v) is 4.51. The van der Waals surface area contributed by atoms with Gasteiger partial charge in [-0.2, -0.15) is 13.2 Å². The molecule has 20 heavy (non-hydrogen) atoms. The lowest BCUT2D eigenvalue weighted by atomic mass is 10.2. The van der Waals surface area contributed by atoms with Crippen molar-refractivity contribution >= 4 is 23.1 Å². The van der Waals surface area contributed by atoms with Crippen molar-refractivity contribution in [2.45, 2.75) is 12.7 Å². The summed E-state index contributed by atoms with van der Waals surface area (Å²) in [7, 11) is 0. The van der Waals surface area contributed by atoms with Gasteiger partial charge in [-0.3, -0.25) is 0 Å². The quantitative estimate of drug-likeness (QED) is 0.902. The van der Waals surface area contributed by atoms with Gasteiger partial charge < -0.3 is 11.1 Å². The van der Waals surface area contributed by atoms with Crippen LogP contribution in [0, 0.1) is 0 Å². The third-order valence-corrected chi connectivity index (χ3v) is 3.02. The predicted octanol–water partition coefficient (Wildman–Crippen LogP) is 3.95. The van der Waals surface area contributed by atoms with Crippen molar-refractivity contribution in [2.75, 3.05) is 11.1 Å². The number of nitrogens with two attached hydrogens (primary N) is 1. The Bertz CT molecular complexity index is 614. The number of aromatic nitrogens is 1. The van der Waals surface area contributed by atoms with Crippen LogP contribution in [0.5, 0.6) is 0 Å². The van der Waals surface area contributed by atoms with Crippen LogP contribution in [0.3, 0.4) is 0 Å². The number of alkyl halides is 3. The lowest BCUT2D eigenvalue weighted by Gasteiger charge is -2.12. The van der Waals surface area contributed by atoms with E-state index >= 15 is 0 Å². The summed E-state index contributed by atoms with van der Waals surface area (Å²) in [5, 5.41) is 3.42. The van der Waals surface area contributed by atoms with E-state index in [9.17, 15) is 13.2 Å². The molecule has 0 atom stereocenters. The molecule has 1 aromatic carbocycles. The van der Waals surface area contributed by atoms with Gasteiger partial charge >= 0.3 is 6.18 Å². The molecule has 0 spiro atoms. The molecule has 3 nitrogen and oxygen atoms in total. The van der Waals surface area contributed by atoms with Crippen LogP contribution in [0.15, 0.2) is 36.5 Å². The lowest BCUT2D eigenvalue weighted by molar-refractivity contribution is -0.137. The van der Waals surface area contributed by atoms with Crippen molar-refractivity contribution in [3.8, 4) is 0 Å². The third kappa shape index (κ3) is 3.33. The molecule has 0 radical (unpaired) electrons. The highest BCUT2D eigenvalue weighted by atomic mass is 35.5. The molecule has 0 amide bonds. The maximum atomic E-state index is 12.5. The zero-order valence-corrected chi connectivity index (χ0v) is 11.0. The first-order valence-corrected chi connectivity index (χ1v) is 6.05. The molecule has 1 heterocycles. The van der Waals surface area contributed by atoms with Gasteiger partial charge in [0.1, 0.15) is 5.82 Å². The predicted molar refractivity (Wildman–Crippen MR) is 72.4 cm³/mol. The van der Waals surface area contributed by atoms with Crippen LogP contribution < -0.4 is 11.1 Å². The minimum Gasteiger partial charge on any atom is -0.396 e. The van der Waals surface area contributed by atoms with E-state index in [1.165, 1.54) is 0 Å². The highest BCUT2D eigenvalue weighted by Crippen LogP contribution is 2.31. The molecule has 106 valence electrons. The zero-order chi connectivity index (χ0) is 14.8. The number of pyridine rings is 1. The molecular weight excluding hydrogens is 291 g/mol. The molecule has 2 rings (SSSR count). The van der Waals surface area contributed by atoms with Gasteiger partial charge in [0.25, 0.3) is 0 Å². The van der Waals surface area contributed by atoms with Crippen LogP contribution >= 0.6 is 11.6 Å². The van der Waals surface area contributed by atoms with Crippen LogP contribution in [0.25, 0.3) is 0 Å². The molecule has 2 aromatic rings. The Morgan fingerprint density at radius 2 is 1.95 bits per heavy atom. The summed E-state index contributed by atoms with van der Waals surface area (Å²) in [5.74, 6) is 0.193. The van der Waals surface area contributed by atoms with Crippen molar-refractivity contribution < 1.29 is 13.2 Å². The third-order valence-electron chi connectivity index (χ3n) is 2.65. The van der Waals surface area contributed by atoms with E-state index in [1.807, 2.05) is 6.07 Å². The largest absolute Gasteiger partial charge is 0.417 e. The van der Waals surface area contributed by atoms with Gasteiger partial charge in [0.2, 0.25) is 0 Å². The standard InChI is InChI=1S/C13H11ClF3N3/c14-10-4-2-1-3-8(10)6-19-12-11(18)5-9(7-20-12)13(15,16)17/h1-5,7H,6,18H2,(H,19,20). The highest BCUT2D eigenvalue weighted by molar-refractivity contribution is 6.31. The molecule has 0 bridgehead atoms. The van der Waals surface area contributed by atoms with Crippen LogP contribution in [0.4, 0.5) is 24.7 Å². The molecule has 0 fully saturated rings. The highest BCUT2D eigenvalue weighted by Gasteiger charge is 2.31. The number of benzene rings is 1. The minimum absolute atomic E-state index is 0.0631. The SMILES string of the molecule is Nc1cc(C(F)(F)F)cnc1NCc1ccccc1Cl. The topological polar surface area (TPSA) is 50.9 Å². The summed E-state index contributed by atoms with van der Waals surface area (Å²) in [4.78, 5) is 3.69. The fourth-order valence-corrected chi connectivity index (χ4v) is 1.81. The van der Waals surface area contributed by atoms with Gasteiger partial charge in [0.05, 0.1) is 11.3 Å². The Labute approximate surface area is 118 Å². The zero-order valence-electron chi connectivity index (χ0n) is 10.2. The lowest BCUT2D eigenvalue weighted by Crippen LogP contribution is -2.10. The van der Waals surface area contributed by atoms with E-state index in [1.54, 1.807) is 18.2 Å². The van der Waals surface area contributed by atoms with Crippen LogP contribution in [0.2, 0.25) is 5.02 Å². The first kappa shape index (κ1) is 14.5. The summed E-state index contributed by atoms with van der Waals surface area (Å²) in [6.07, 6.45) is -3.71. The van der Waals surface area contributed by atoms with Crippen molar-refractivity contribution in [3.63, 3.8) is 0 Å². The molecule has 0 saturated carbocycles. The monoisotopic (exact) mass is 301 g/mol. The number of nitrogens with zero attached hydrogens (tertiary/aromatic N) is 1. The van der Waals surface area contributed by atoms with E-state index in [0.29, 0.717) is 11.6 Å². The number of hydrogen-bond acceptors (Lipinski definition) is 3. The Hall–Kier alpha value is -1.95. The molecule has 3 N–H and O–H groups in total. The van der Waals surface area contributed by atoms with Crippen LogP contribution in [-0.2, 0) is 12.7 Å². The van der Waals surface area contributed by atoms with Gasteiger partial charge in [-0.05, 0) is 17.7 Å². The maximum Gasteiger partial charge on any atom is 0.417 e. The van der Waals surface area contributed by atoms with Gasteiger partial charge in [0.15, 0.2) is 0 Å². The summed E-state index contributed by atoms with van der Waals surface area (Å²) >= 11 is 5.97. The van der Waals surface area contributed by atoms with Crippen molar-refractivity contribution in [3.05, 3.63) is 52.7 Å². The molecule has 0 unspecified atom stereocenters. The molecule has 0 aliphatic heterocycles. The van der Waals surface area contributed by atoms with Gasteiger partial charge in [-0.1, -0.05) is 29.8 Å². The number of nitrogen functional groups attached to an aromatic ring is 1. The number of anilines is 2. The summed E-state index contributed by atoms with van der Waals surface area (Å²) in [5.41, 5.74) is 5.42. The fraction of sp³-hybridized carbons (Fsp3) is 0.154. The second-order valence-electron chi connectivity index (χ2n) is 4.10. The molecule has 1 aromatic heterocycles. The fourth-order valence-electron chi connectivity index (χ4n) is 1.61. The normalized spacial score (nSPS) is 11.4. The van der Waals surface area contributed by atoms with Crippen LogP contribution in [0.1, 0.15) is 11.1 Å². The second kappa shape index (κ2) is 5.58. The average molecular weight is 302 g/mol. The Balaban J connectivity index is 2.13. The maximum absolute atomic E-state index is 12.5. The molecule has 0 aliphatic carbocycles. The summed E-state index contributed by atoms with van der Waals surface area (Å²) in [6.45, 7) is 0.322. The first-order valence-electron chi connectivity index (χ1n) is 5.68. The summed E-state index contributed by atoms with van der Waals surface area (Å²) in [6, 6.07) is 7.97. The van der Waals surface area contributed by atoms with Gasteiger partial charge in [0, 0.05) is 17.8 Å². The van der Waals surface area contributed by atoms with E-state index in [4.69, 9.17) is 17.3 Å².